The summed E-state index contributed by atoms with van der Waals surface area (Å²) in [6.07, 6.45) is 0.804. The largest absolute Gasteiger partial charge is 0.388 e. The van der Waals surface area contributed by atoms with Gasteiger partial charge in [0.15, 0.2) is 0 Å². The van der Waals surface area contributed by atoms with Crippen molar-refractivity contribution in [1.82, 2.24) is 5.32 Å². The van der Waals surface area contributed by atoms with Gasteiger partial charge in [-0.15, -0.1) is 0 Å². The minimum atomic E-state index is -0.723. The van der Waals surface area contributed by atoms with E-state index in [1.54, 1.807) is 0 Å². The molecule has 1 aliphatic rings. The zero-order chi connectivity index (χ0) is 15.5. The van der Waals surface area contributed by atoms with Crippen LogP contribution in [-0.4, -0.2) is 30.0 Å². The second-order valence-electron chi connectivity index (χ2n) is 6.31. The molecule has 0 heterocycles. The van der Waals surface area contributed by atoms with Gasteiger partial charge in [0.1, 0.15) is 0 Å². The Morgan fingerprint density at radius 3 is 2.57 bits per heavy atom. The van der Waals surface area contributed by atoms with Crippen LogP contribution in [0.25, 0.3) is 0 Å². The van der Waals surface area contributed by atoms with Crippen molar-refractivity contribution in [2.75, 3.05) is 13.2 Å². The molecule has 21 heavy (non-hydrogen) atoms. The molecule has 1 saturated carbocycles. The quantitative estimate of drug-likeness (QED) is 0.842. The van der Waals surface area contributed by atoms with Crippen LogP contribution in [0.2, 0.25) is 0 Å². The van der Waals surface area contributed by atoms with Crippen molar-refractivity contribution in [3.8, 4) is 6.07 Å². The number of hydrogen-bond donors (Lipinski definition) is 2. The van der Waals surface area contributed by atoms with E-state index in [1.807, 2.05) is 31.2 Å². The standard InChI is InChI=1S/C17H24N2O2/c1-4-21-15-9-17(20,16(15,2)3)12-19-11-14-7-5-13(10-18)6-8-14/h5-8,15,19-20H,4,9,11-12H2,1-3H3/t15-,17+/m1/s1. The van der Waals surface area contributed by atoms with Gasteiger partial charge in [-0.2, -0.15) is 5.26 Å². The van der Waals surface area contributed by atoms with E-state index in [9.17, 15) is 5.11 Å². The first kappa shape index (κ1) is 16.0. The Kier molecular flexibility index (Phi) is 4.67. The molecule has 1 aromatic rings. The summed E-state index contributed by atoms with van der Waals surface area (Å²) in [7, 11) is 0. The van der Waals surface area contributed by atoms with E-state index in [0.717, 1.165) is 5.56 Å². The predicted molar refractivity (Wildman–Crippen MR) is 81.6 cm³/mol. The zero-order valence-corrected chi connectivity index (χ0v) is 13.0. The predicted octanol–water partition coefficient (Wildman–Crippen LogP) is 2.21. The summed E-state index contributed by atoms with van der Waals surface area (Å²) in [5.41, 5.74) is 0.813. The minimum absolute atomic E-state index is 0.129. The molecule has 1 fully saturated rings. The molecule has 4 heteroatoms. The number of rotatable bonds is 6. The second kappa shape index (κ2) is 6.15. The smallest absolute Gasteiger partial charge is 0.0991 e. The Labute approximate surface area is 126 Å². The number of nitriles is 1. The van der Waals surface area contributed by atoms with Gasteiger partial charge in [0.05, 0.1) is 23.3 Å². The van der Waals surface area contributed by atoms with Crippen LogP contribution in [0.5, 0.6) is 0 Å². The van der Waals surface area contributed by atoms with Crippen molar-refractivity contribution in [2.24, 2.45) is 5.41 Å². The maximum absolute atomic E-state index is 10.7. The Balaban J connectivity index is 1.84. The molecular weight excluding hydrogens is 264 g/mol. The van der Waals surface area contributed by atoms with Crippen LogP contribution in [-0.2, 0) is 11.3 Å². The molecule has 0 saturated heterocycles. The Morgan fingerprint density at radius 1 is 1.38 bits per heavy atom. The number of aliphatic hydroxyl groups is 1. The lowest BCUT2D eigenvalue weighted by molar-refractivity contribution is -0.238. The van der Waals surface area contributed by atoms with Crippen LogP contribution >= 0.6 is 0 Å². The molecule has 0 aliphatic heterocycles. The molecule has 0 bridgehead atoms. The molecule has 0 radical (unpaired) electrons. The molecule has 0 spiro atoms. The molecule has 0 unspecified atom stereocenters. The van der Waals surface area contributed by atoms with E-state index < -0.39 is 5.60 Å². The molecule has 4 nitrogen and oxygen atoms in total. The highest BCUT2D eigenvalue weighted by molar-refractivity contribution is 5.31. The van der Waals surface area contributed by atoms with Gasteiger partial charge in [0, 0.05) is 31.5 Å². The number of nitrogens with one attached hydrogen (secondary N) is 1. The van der Waals surface area contributed by atoms with Crippen LogP contribution in [0.15, 0.2) is 24.3 Å². The fourth-order valence-electron chi connectivity index (χ4n) is 2.87. The van der Waals surface area contributed by atoms with Gasteiger partial charge in [-0.1, -0.05) is 26.0 Å². The lowest BCUT2D eigenvalue weighted by Crippen LogP contribution is -2.68. The van der Waals surface area contributed by atoms with Crippen molar-refractivity contribution in [3.05, 3.63) is 35.4 Å². The summed E-state index contributed by atoms with van der Waals surface area (Å²) in [5, 5.41) is 22.8. The minimum Gasteiger partial charge on any atom is -0.388 e. The van der Waals surface area contributed by atoms with Crippen molar-refractivity contribution in [3.63, 3.8) is 0 Å². The van der Waals surface area contributed by atoms with Crippen LogP contribution in [0.1, 0.15) is 38.3 Å². The van der Waals surface area contributed by atoms with Gasteiger partial charge in [-0.05, 0) is 24.6 Å². The van der Waals surface area contributed by atoms with E-state index in [2.05, 4.69) is 25.2 Å². The van der Waals surface area contributed by atoms with E-state index in [0.29, 0.717) is 31.7 Å². The van der Waals surface area contributed by atoms with E-state index >= 15 is 0 Å². The number of nitrogens with zero attached hydrogens (tertiary/aromatic N) is 1. The molecule has 114 valence electrons. The first-order chi connectivity index (χ1) is 9.93. The van der Waals surface area contributed by atoms with Gasteiger partial charge < -0.3 is 15.2 Å². The van der Waals surface area contributed by atoms with Crippen molar-refractivity contribution < 1.29 is 9.84 Å². The van der Waals surface area contributed by atoms with Crippen molar-refractivity contribution in [1.29, 1.82) is 5.26 Å². The summed E-state index contributed by atoms with van der Waals surface area (Å²) in [6, 6.07) is 9.60. The normalized spacial score (nSPS) is 26.9. The van der Waals surface area contributed by atoms with Crippen molar-refractivity contribution >= 4 is 0 Å². The summed E-state index contributed by atoms with van der Waals surface area (Å²) in [6.45, 7) is 8.01. The fourth-order valence-corrected chi connectivity index (χ4v) is 2.87. The Hall–Kier alpha value is -1.41. The topological polar surface area (TPSA) is 65.3 Å². The Morgan fingerprint density at radius 2 is 2.05 bits per heavy atom. The van der Waals surface area contributed by atoms with E-state index in [4.69, 9.17) is 10.00 Å². The summed E-state index contributed by atoms with van der Waals surface area (Å²) in [5.74, 6) is 0. The highest BCUT2D eigenvalue weighted by Gasteiger charge is 2.59. The fraction of sp³-hybridized carbons (Fsp3) is 0.588. The maximum Gasteiger partial charge on any atom is 0.0991 e. The highest BCUT2D eigenvalue weighted by atomic mass is 16.5. The van der Waals surface area contributed by atoms with Gasteiger partial charge in [0.25, 0.3) is 0 Å². The zero-order valence-electron chi connectivity index (χ0n) is 13.0. The highest BCUT2D eigenvalue weighted by Crippen LogP contribution is 2.50. The third kappa shape index (κ3) is 3.11. The molecule has 0 aromatic heterocycles. The van der Waals surface area contributed by atoms with Crippen LogP contribution in [0.4, 0.5) is 0 Å². The summed E-state index contributed by atoms with van der Waals surface area (Å²) >= 11 is 0. The summed E-state index contributed by atoms with van der Waals surface area (Å²) in [4.78, 5) is 0. The molecule has 2 rings (SSSR count). The average Bonchev–Trinajstić information content (AvgIpc) is 2.48. The monoisotopic (exact) mass is 288 g/mol. The van der Waals surface area contributed by atoms with E-state index in [1.165, 1.54) is 0 Å². The van der Waals surface area contributed by atoms with Crippen molar-refractivity contribution in [2.45, 2.75) is 45.4 Å². The molecule has 2 atom stereocenters. The third-order valence-corrected chi connectivity index (χ3v) is 4.72. The number of ether oxygens (including phenoxy) is 1. The van der Waals surface area contributed by atoms with Gasteiger partial charge in [0.2, 0.25) is 0 Å². The van der Waals surface area contributed by atoms with Crippen LogP contribution in [0, 0.1) is 16.7 Å². The number of hydrogen-bond acceptors (Lipinski definition) is 4. The third-order valence-electron chi connectivity index (χ3n) is 4.72. The lowest BCUT2D eigenvalue weighted by atomic mass is 9.56. The molecule has 2 N–H and O–H groups in total. The maximum atomic E-state index is 10.7. The van der Waals surface area contributed by atoms with Gasteiger partial charge in [-0.3, -0.25) is 0 Å². The van der Waals surface area contributed by atoms with Crippen LogP contribution < -0.4 is 5.32 Å². The Bertz CT molecular complexity index is 519. The first-order valence-corrected chi connectivity index (χ1v) is 7.46. The average molecular weight is 288 g/mol. The molecular formula is C17H24N2O2. The van der Waals surface area contributed by atoms with E-state index in [-0.39, 0.29) is 11.5 Å². The second-order valence-corrected chi connectivity index (χ2v) is 6.31. The number of benzene rings is 1. The molecule has 1 aromatic carbocycles. The summed E-state index contributed by atoms with van der Waals surface area (Å²) < 4.78 is 5.66. The molecule has 1 aliphatic carbocycles. The first-order valence-electron chi connectivity index (χ1n) is 7.46. The van der Waals surface area contributed by atoms with Gasteiger partial charge >= 0.3 is 0 Å². The van der Waals surface area contributed by atoms with Gasteiger partial charge in [-0.25, -0.2) is 0 Å². The molecule has 0 amide bonds. The lowest BCUT2D eigenvalue weighted by Gasteiger charge is -2.58. The van der Waals surface area contributed by atoms with Crippen LogP contribution in [0.3, 0.4) is 0 Å². The SMILES string of the molecule is CCO[C@@H]1C[C@](O)(CNCc2ccc(C#N)cc2)C1(C)C.